The Balaban J connectivity index is 1.54. The van der Waals surface area contributed by atoms with Crippen molar-refractivity contribution in [2.75, 3.05) is 27.3 Å². The number of amides is 1. The SMILES string of the molecule is COc1ccc(CN(C)CC(=O)NC2CCOc3ccccc32)cc1. The van der Waals surface area contributed by atoms with E-state index in [1.54, 1.807) is 7.11 Å². The van der Waals surface area contributed by atoms with Gasteiger partial charge in [0.1, 0.15) is 11.5 Å². The number of nitrogens with zero attached hydrogens (tertiary/aromatic N) is 1. The monoisotopic (exact) mass is 340 g/mol. The number of nitrogens with one attached hydrogen (secondary N) is 1. The van der Waals surface area contributed by atoms with Gasteiger partial charge in [-0.1, -0.05) is 30.3 Å². The normalized spacial score (nSPS) is 16.0. The minimum Gasteiger partial charge on any atom is -0.497 e. The molecule has 0 aliphatic carbocycles. The lowest BCUT2D eigenvalue weighted by Crippen LogP contribution is -2.38. The van der Waals surface area contributed by atoms with Gasteiger partial charge in [0.2, 0.25) is 5.91 Å². The Kier molecular flexibility index (Phi) is 5.56. The molecule has 1 atom stereocenters. The van der Waals surface area contributed by atoms with E-state index in [0.717, 1.165) is 29.0 Å². The molecule has 1 N–H and O–H groups in total. The Hall–Kier alpha value is -2.53. The molecule has 0 bridgehead atoms. The molecule has 1 heterocycles. The lowest BCUT2D eigenvalue weighted by atomic mass is 10.0. The molecule has 2 aromatic carbocycles. The molecule has 1 aliphatic rings. The van der Waals surface area contributed by atoms with Gasteiger partial charge in [0, 0.05) is 18.5 Å². The van der Waals surface area contributed by atoms with E-state index >= 15 is 0 Å². The first kappa shape index (κ1) is 17.3. The average Bonchev–Trinajstić information content (AvgIpc) is 2.62. The molecule has 1 aliphatic heterocycles. The fourth-order valence-electron chi connectivity index (χ4n) is 3.08. The van der Waals surface area contributed by atoms with Gasteiger partial charge in [-0.25, -0.2) is 0 Å². The van der Waals surface area contributed by atoms with Crippen molar-refractivity contribution in [2.24, 2.45) is 0 Å². The molecular formula is C20H24N2O3. The highest BCUT2D eigenvalue weighted by molar-refractivity contribution is 5.78. The van der Waals surface area contributed by atoms with Crippen LogP contribution < -0.4 is 14.8 Å². The number of carbonyl (C=O) groups excluding carboxylic acids is 1. The molecular weight excluding hydrogens is 316 g/mol. The predicted molar refractivity (Wildman–Crippen MR) is 96.8 cm³/mol. The fraction of sp³-hybridized carbons (Fsp3) is 0.350. The van der Waals surface area contributed by atoms with Crippen molar-refractivity contribution in [1.29, 1.82) is 0 Å². The van der Waals surface area contributed by atoms with Gasteiger partial charge in [-0.3, -0.25) is 9.69 Å². The summed E-state index contributed by atoms with van der Waals surface area (Å²) in [6.07, 6.45) is 0.797. The number of likely N-dealkylation sites (N-methyl/N-ethyl adjacent to an activating group) is 1. The molecule has 0 fully saturated rings. The van der Waals surface area contributed by atoms with Crippen molar-refractivity contribution >= 4 is 5.91 Å². The van der Waals surface area contributed by atoms with Crippen molar-refractivity contribution in [2.45, 2.75) is 19.0 Å². The molecule has 0 aromatic heterocycles. The summed E-state index contributed by atoms with van der Waals surface area (Å²) in [5.74, 6) is 1.73. The topological polar surface area (TPSA) is 50.8 Å². The maximum atomic E-state index is 12.4. The van der Waals surface area contributed by atoms with Gasteiger partial charge in [-0.05, 0) is 30.8 Å². The number of hydrogen-bond donors (Lipinski definition) is 1. The number of benzene rings is 2. The Morgan fingerprint density at radius 1 is 1.24 bits per heavy atom. The summed E-state index contributed by atoms with van der Waals surface area (Å²) in [5, 5.41) is 3.13. The van der Waals surface area contributed by atoms with Crippen LogP contribution in [0.3, 0.4) is 0 Å². The molecule has 5 heteroatoms. The number of rotatable bonds is 6. The molecule has 3 rings (SSSR count). The highest BCUT2D eigenvalue weighted by Gasteiger charge is 2.22. The van der Waals surface area contributed by atoms with E-state index in [9.17, 15) is 4.79 Å². The first-order valence-electron chi connectivity index (χ1n) is 8.48. The summed E-state index contributed by atoms with van der Waals surface area (Å²) in [5.41, 5.74) is 2.20. The van der Waals surface area contributed by atoms with Crippen LogP contribution >= 0.6 is 0 Å². The number of methoxy groups -OCH3 is 1. The molecule has 0 spiro atoms. The summed E-state index contributed by atoms with van der Waals surface area (Å²) in [6.45, 7) is 1.69. The minimum absolute atomic E-state index is 0.0202. The Bertz CT molecular complexity index is 715. The highest BCUT2D eigenvalue weighted by Crippen LogP contribution is 2.31. The van der Waals surface area contributed by atoms with Gasteiger partial charge in [0.25, 0.3) is 0 Å². The zero-order valence-electron chi connectivity index (χ0n) is 14.7. The standard InChI is InChI=1S/C20H24N2O3/c1-22(13-15-7-9-16(24-2)10-8-15)14-20(23)21-18-11-12-25-19-6-4-3-5-17(18)19/h3-10,18H,11-14H2,1-2H3,(H,21,23). The first-order valence-corrected chi connectivity index (χ1v) is 8.48. The van der Waals surface area contributed by atoms with Gasteiger partial charge in [-0.15, -0.1) is 0 Å². The average molecular weight is 340 g/mol. The molecule has 1 amide bonds. The lowest BCUT2D eigenvalue weighted by Gasteiger charge is -2.27. The Morgan fingerprint density at radius 2 is 2.00 bits per heavy atom. The van der Waals surface area contributed by atoms with Crippen LogP contribution in [-0.4, -0.2) is 38.1 Å². The lowest BCUT2D eigenvalue weighted by molar-refractivity contribution is -0.123. The van der Waals surface area contributed by atoms with Gasteiger partial charge >= 0.3 is 0 Å². The van der Waals surface area contributed by atoms with E-state index in [2.05, 4.69) is 5.32 Å². The summed E-state index contributed by atoms with van der Waals surface area (Å²) in [4.78, 5) is 14.4. The third-order valence-electron chi connectivity index (χ3n) is 4.32. The largest absolute Gasteiger partial charge is 0.497 e. The fourth-order valence-corrected chi connectivity index (χ4v) is 3.08. The number of ether oxygens (including phenoxy) is 2. The molecule has 0 saturated carbocycles. The van der Waals surface area contributed by atoms with E-state index in [1.165, 1.54) is 0 Å². The third-order valence-corrected chi connectivity index (χ3v) is 4.32. The van der Waals surface area contributed by atoms with E-state index in [1.807, 2.05) is 60.5 Å². The molecule has 132 valence electrons. The number of hydrogen-bond acceptors (Lipinski definition) is 4. The van der Waals surface area contributed by atoms with Gasteiger partial charge in [0.15, 0.2) is 0 Å². The number of carbonyl (C=O) groups is 1. The maximum absolute atomic E-state index is 12.4. The van der Waals surface area contributed by atoms with E-state index in [4.69, 9.17) is 9.47 Å². The van der Waals surface area contributed by atoms with Crippen molar-refractivity contribution < 1.29 is 14.3 Å². The van der Waals surface area contributed by atoms with Gasteiger partial charge < -0.3 is 14.8 Å². The summed E-state index contributed by atoms with van der Waals surface area (Å²) >= 11 is 0. The van der Waals surface area contributed by atoms with Crippen molar-refractivity contribution in [3.8, 4) is 11.5 Å². The van der Waals surface area contributed by atoms with E-state index < -0.39 is 0 Å². The smallest absolute Gasteiger partial charge is 0.234 e. The van der Waals surface area contributed by atoms with Crippen LogP contribution in [0.25, 0.3) is 0 Å². The second-order valence-corrected chi connectivity index (χ2v) is 6.32. The Morgan fingerprint density at radius 3 is 2.76 bits per heavy atom. The zero-order valence-corrected chi connectivity index (χ0v) is 14.7. The number of fused-ring (bicyclic) bond motifs is 1. The quantitative estimate of drug-likeness (QED) is 0.878. The van der Waals surface area contributed by atoms with E-state index in [-0.39, 0.29) is 11.9 Å². The minimum atomic E-state index is 0.0202. The van der Waals surface area contributed by atoms with Crippen LogP contribution in [0, 0.1) is 0 Å². The highest BCUT2D eigenvalue weighted by atomic mass is 16.5. The van der Waals surface area contributed by atoms with Gasteiger partial charge in [-0.2, -0.15) is 0 Å². The van der Waals surface area contributed by atoms with Crippen LogP contribution in [0.1, 0.15) is 23.6 Å². The second kappa shape index (κ2) is 8.03. The third kappa shape index (κ3) is 4.51. The van der Waals surface area contributed by atoms with Crippen LogP contribution in [0.2, 0.25) is 0 Å². The maximum Gasteiger partial charge on any atom is 0.234 e. The van der Waals surface area contributed by atoms with Crippen LogP contribution in [0.15, 0.2) is 48.5 Å². The molecule has 5 nitrogen and oxygen atoms in total. The van der Waals surface area contributed by atoms with Crippen LogP contribution in [-0.2, 0) is 11.3 Å². The molecule has 0 saturated heterocycles. The zero-order chi connectivity index (χ0) is 17.6. The first-order chi connectivity index (χ1) is 12.2. The molecule has 1 unspecified atom stereocenters. The summed E-state index contributed by atoms with van der Waals surface area (Å²) in [6, 6.07) is 15.8. The summed E-state index contributed by atoms with van der Waals surface area (Å²) < 4.78 is 10.8. The second-order valence-electron chi connectivity index (χ2n) is 6.32. The molecule has 25 heavy (non-hydrogen) atoms. The molecule has 2 aromatic rings. The van der Waals surface area contributed by atoms with Crippen LogP contribution in [0.5, 0.6) is 11.5 Å². The number of para-hydroxylation sites is 1. The van der Waals surface area contributed by atoms with Crippen LogP contribution in [0.4, 0.5) is 0 Å². The van der Waals surface area contributed by atoms with E-state index in [0.29, 0.717) is 19.7 Å². The predicted octanol–water partition coefficient (Wildman–Crippen LogP) is 2.77. The van der Waals surface area contributed by atoms with Crippen molar-refractivity contribution in [3.05, 3.63) is 59.7 Å². The van der Waals surface area contributed by atoms with Crippen molar-refractivity contribution in [3.63, 3.8) is 0 Å². The Labute approximate surface area is 148 Å². The van der Waals surface area contributed by atoms with Gasteiger partial charge in [0.05, 0.1) is 26.3 Å². The summed E-state index contributed by atoms with van der Waals surface area (Å²) in [7, 11) is 3.60. The van der Waals surface area contributed by atoms with Crippen molar-refractivity contribution in [1.82, 2.24) is 10.2 Å². The molecule has 0 radical (unpaired) electrons.